The van der Waals surface area contributed by atoms with Crippen molar-refractivity contribution in [3.05, 3.63) is 12.3 Å². The van der Waals surface area contributed by atoms with Gasteiger partial charge in [0.15, 0.2) is 0 Å². The number of likely N-dealkylation sites (N-methyl/N-ethyl adjacent to an activating group) is 1. The highest BCUT2D eigenvalue weighted by Gasteiger charge is 2.29. The summed E-state index contributed by atoms with van der Waals surface area (Å²) in [5.74, 6) is 1.98. The van der Waals surface area contributed by atoms with Crippen LogP contribution in [0.2, 0.25) is 0 Å². The maximum absolute atomic E-state index is 5.17. The van der Waals surface area contributed by atoms with Gasteiger partial charge in [0.1, 0.15) is 0 Å². The number of rotatable bonds is 3. The Labute approximate surface area is 109 Å². The standard InChI is InChI=1S/C13H22N4O/c1-10(2)11-9-16(3)7-8-17(11)13-14-6-5-12(15-13)18-4/h5-6,10-11H,7-9H2,1-4H3. The van der Waals surface area contributed by atoms with E-state index in [4.69, 9.17) is 4.74 Å². The van der Waals surface area contributed by atoms with E-state index in [1.807, 2.05) is 0 Å². The van der Waals surface area contributed by atoms with Crippen molar-refractivity contribution in [1.29, 1.82) is 0 Å². The fourth-order valence-corrected chi connectivity index (χ4v) is 2.36. The summed E-state index contributed by atoms with van der Waals surface area (Å²) in [6.45, 7) is 7.56. The van der Waals surface area contributed by atoms with E-state index in [0.29, 0.717) is 17.8 Å². The summed E-state index contributed by atoms with van der Waals surface area (Å²) in [7, 11) is 3.80. The zero-order valence-corrected chi connectivity index (χ0v) is 11.6. The lowest BCUT2D eigenvalue weighted by atomic mass is 10.0. The molecule has 1 aliphatic rings. The van der Waals surface area contributed by atoms with Crippen LogP contribution in [0.5, 0.6) is 5.88 Å². The van der Waals surface area contributed by atoms with Gasteiger partial charge in [0.25, 0.3) is 0 Å². The van der Waals surface area contributed by atoms with Crippen molar-refractivity contribution in [2.45, 2.75) is 19.9 Å². The van der Waals surface area contributed by atoms with E-state index in [1.54, 1.807) is 19.4 Å². The van der Waals surface area contributed by atoms with Crippen molar-refractivity contribution in [2.24, 2.45) is 5.92 Å². The van der Waals surface area contributed by atoms with Gasteiger partial charge in [0.05, 0.1) is 7.11 Å². The Bertz CT molecular complexity index is 396. The van der Waals surface area contributed by atoms with Crippen molar-refractivity contribution in [1.82, 2.24) is 14.9 Å². The highest BCUT2D eigenvalue weighted by atomic mass is 16.5. The molecule has 1 saturated heterocycles. The third-order valence-electron chi connectivity index (χ3n) is 3.47. The fraction of sp³-hybridized carbons (Fsp3) is 0.692. The zero-order chi connectivity index (χ0) is 13.1. The number of nitrogens with zero attached hydrogens (tertiary/aromatic N) is 4. The SMILES string of the molecule is COc1ccnc(N2CCN(C)CC2C(C)C)n1. The van der Waals surface area contributed by atoms with Gasteiger partial charge in [-0.15, -0.1) is 0 Å². The summed E-state index contributed by atoms with van der Waals surface area (Å²) in [5, 5.41) is 0. The lowest BCUT2D eigenvalue weighted by molar-refractivity contribution is 0.234. The molecule has 1 aromatic rings. The first-order chi connectivity index (χ1) is 8.61. The van der Waals surface area contributed by atoms with Gasteiger partial charge >= 0.3 is 0 Å². The lowest BCUT2D eigenvalue weighted by Gasteiger charge is -2.42. The Hall–Kier alpha value is -1.36. The van der Waals surface area contributed by atoms with Crippen LogP contribution < -0.4 is 9.64 Å². The molecule has 1 aromatic heterocycles. The Morgan fingerprint density at radius 2 is 2.17 bits per heavy atom. The molecular formula is C13H22N4O. The first-order valence-corrected chi connectivity index (χ1v) is 6.44. The summed E-state index contributed by atoms with van der Waals surface area (Å²) >= 11 is 0. The molecule has 0 spiro atoms. The molecule has 1 fully saturated rings. The van der Waals surface area contributed by atoms with Gasteiger partial charge in [0.2, 0.25) is 11.8 Å². The maximum Gasteiger partial charge on any atom is 0.228 e. The second-order valence-corrected chi connectivity index (χ2v) is 5.17. The molecule has 1 unspecified atom stereocenters. The number of hydrogen-bond acceptors (Lipinski definition) is 5. The average Bonchev–Trinajstić information content (AvgIpc) is 2.38. The van der Waals surface area contributed by atoms with Crippen LogP contribution in [0, 0.1) is 5.92 Å². The van der Waals surface area contributed by atoms with E-state index >= 15 is 0 Å². The van der Waals surface area contributed by atoms with Gasteiger partial charge in [0, 0.05) is 37.9 Å². The molecule has 5 nitrogen and oxygen atoms in total. The number of aromatic nitrogens is 2. The second-order valence-electron chi connectivity index (χ2n) is 5.17. The molecule has 5 heteroatoms. The van der Waals surface area contributed by atoms with Crippen molar-refractivity contribution in [3.8, 4) is 5.88 Å². The molecule has 2 rings (SSSR count). The molecule has 0 saturated carbocycles. The van der Waals surface area contributed by atoms with Crippen molar-refractivity contribution >= 4 is 5.95 Å². The van der Waals surface area contributed by atoms with Crippen LogP contribution in [0.4, 0.5) is 5.95 Å². The number of hydrogen-bond donors (Lipinski definition) is 0. The minimum atomic E-state index is 0.454. The predicted octanol–water partition coefficient (Wildman–Crippen LogP) is 1.26. The summed E-state index contributed by atoms with van der Waals surface area (Å²) in [6.07, 6.45) is 1.76. The Kier molecular flexibility index (Phi) is 4.01. The molecule has 2 heterocycles. The topological polar surface area (TPSA) is 41.5 Å². The highest BCUT2D eigenvalue weighted by molar-refractivity contribution is 5.35. The average molecular weight is 250 g/mol. The summed E-state index contributed by atoms with van der Waals surface area (Å²) in [4.78, 5) is 13.5. The van der Waals surface area contributed by atoms with Crippen LogP contribution in [-0.4, -0.2) is 54.7 Å². The van der Waals surface area contributed by atoms with E-state index in [1.165, 1.54) is 0 Å². The van der Waals surface area contributed by atoms with Crippen LogP contribution in [0.25, 0.3) is 0 Å². The van der Waals surface area contributed by atoms with Crippen LogP contribution in [0.3, 0.4) is 0 Å². The second kappa shape index (κ2) is 5.52. The molecular weight excluding hydrogens is 228 g/mol. The van der Waals surface area contributed by atoms with Crippen molar-refractivity contribution < 1.29 is 4.74 Å². The molecule has 0 bridgehead atoms. The van der Waals surface area contributed by atoms with Crippen LogP contribution in [-0.2, 0) is 0 Å². The van der Waals surface area contributed by atoms with Gasteiger partial charge in [-0.25, -0.2) is 4.98 Å². The quantitative estimate of drug-likeness (QED) is 0.808. The molecule has 0 amide bonds. The lowest BCUT2D eigenvalue weighted by Crippen LogP contribution is -2.54. The van der Waals surface area contributed by atoms with Gasteiger partial charge in [-0.05, 0) is 13.0 Å². The first-order valence-electron chi connectivity index (χ1n) is 6.44. The number of ether oxygens (including phenoxy) is 1. The molecule has 1 aliphatic heterocycles. The maximum atomic E-state index is 5.17. The molecule has 100 valence electrons. The Balaban J connectivity index is 2.23. The van der Waals surface area contributed by atoms with E-state index in [2.05, 4.69) is 40.7 Å². The monoisotopic (exact) mass is 250 g/mol. The van der Waals surface area contributed by atoms with Gasteiger partial charge in [-0.1, -0.05) is 13.8 Å². The number of piperazine rings is 1. The molecule has 0 N–H and O–H groups in total. The van der Waals surface area contributed by atoms with E-state index in [9.17, 15) is 0 Å². The summed E-state index contributed by atoms with van der Waals surface area (Å²) < 4.78 is 5.17. The number of anilines is 1. The van der Waals surface area contributed by atoms with Crippen LogP contribution in [0.15, 0.2) is 12.3 Å². The normalized spacial score (nSPS) is 21.4. The highest BCUT2D eigenvalue weighted by Crippen LogP contribution is 2.22. The molecule has 0 aliphatic carbocycles. The smallest absolute Gasteiger partial charge is 0.228 e. The van der Waals surface area contributed by atoms with Gasteiger partial charge in [-0.3, -0.25) is 0 Å². The predicted molar refractivity (Wildman–Crippen MR) is 72.1 cm³/mol. The minimum Gasteiger partial charge on any atom is -0.481 e. The van der Waals surface area contributed by atoms with Crippen LogP contribution >= 0.6 is 0 Å². The Morgan fingerprint density at radius 1 is 1.39 bits per heavy atom. The minimum absolute atomic E-state index is 0.454. The number of methoxy groups -OCH3 is 1. The van der Waals surface area contributed by atoms with Crippen molar-refractivity contribution in [2.75, 3.05) is 38.7 Å². The van der Waals surface area contributed by atoms with E-state index in [0.717, 1.165) is 25.6 Å². The molecule has 18 heavy (non-hydrogen) atoms. The van der Waals surface area contributed by atoms with Crippen LogP contribution in [0.1, 0.15) is 13.8 Å². The first kappa shape index (κ1) is 13.1. The van der Waals surface area contributed by atoms with E-state index < -0.39 is 0 Å². The molecule has 0 radical (unpaired) electrons. The zero-order valence-electron chi connectivity index (χ0n) is 11.6. The van der Waals surface area contributed by atoms with Gasteiger partial charge < -0.3 is 14.5 Å². The van der Waals surface area contributed by atoms with Gasteiger partial charge in [-0.2, -0.15) is 4.98 Å². The summed E-state index contributed by atoms with van der Waals surface area (Å²) in [5.41, 5.74) is 0. The third-order valence-corrected chi connectivity index (χ3v) is 3.47. The fourth-order valence-electron chi connectivity index (χ4n) is 2.36. The Morgan fingerprint density at radius 3 is 2.83 bits per heavy atom. The van der Waals surface area contributed by atoms with E-state index in [-0.39, 0.29) is 0 Å². The summed E-state index contributed by atoms with van der Waals surface area (Å²) in [6, 6.07) is 2.24. The van der Waals surface area contributed by atoms with Crippen molar-refractivity contribution in [3.63, 3.8) is 0 Å². The largest absolute Gasteiger partial charge is 0.481 e. The molecule has 0 aromatic carbocycles. The third kappa shape index (κ3) is 2.72. The molecule has 1 atom stereocenters.